The molecule has 0 bridgehead atoms. The van der Waals surface area contributed by atoms with Gasteiger partial charge in [0, 0.05) is 12.1 Å². The molecular weight excluding hydrogens is 412 g/mol. The fourth-order valence-corrected chi connectivity index (χ4v) is 2.75. The number of alkyl carbamates (subject to hydrolysis) is 1. The zero-order valence-electron chi connectivity index (χ0n) is 14.2. The second kappa shape index (κ2) is 8.66. The van der Waals surface area contributed by atoms with Gasteiger partial charge in [0.2, 0.25) is 0 Å². The maximum absolute atomic E-state index is 14.3. The number of nitrogens with one attached hydrogen (secondary N) is 1. The molecule has 1 unspecified atom stereocenters. The van der Waals surface area contributed by atoms with Crippen LogP contribution in [0.3, 0.4) is 0 Å². The van der Waals surface area contributed by atoms with Gasteiger partial charge in [-0.25, -0.2) is 18.5 Å². The van der Waals surface area contributed by atoms with Gasteiger partial charge >= 0.3 is 18.3 Å². The summed E-state index contributed by atoms with van der Waals surface area (Å²) < 4.78 is 45.6. The van der Waals surface area contributed by atoms with Crippen LogP contribution in [0.1, 0.15) is 17.9 Å². The van der Waals surface area contributed by atoms with Crippen molar-refractivity contribution in [2.24, 2.45) is 0 Å². The quantitative estimate of drug-likeness (QED) is 0.720. The summed E-state index contributed by atoms with van der Waals surface area (Å²) in [4.78, 5) is 23.2. The van der Waals surface area contributed by atoms with Gasteiger partial charge in [0.05, 0.1) is 5.38 Å². The average molecular weight is 427 g/mol. The number of alkyl halides is 3. The Morgan fingerprint density at radius 2 is 2.07 bits per heavy atom. The fourth-order valence-electron chi connectivity index (χ4n) is 2.29. The summed E-state index contributed by atoms with van der Waals surface area (Å²) in [6.45, 7) is -2.07. The van der Waals surface area contributed by atoms with E-state index in [-0.39, 0.29) is 34.1 Å². The van der Waals surface area contributed by atoms with Crippen molar-refractivity contribution in [3.8, 4) is 5.69 Å². The van der Waals surface area contributed by atoms with Crippen LogP contribution >= 0.6 is 23.2 Å². The van der Waals surface area contributed by atoms with Crippen LogP contribution in [0, 0.1) is 12.7 Å². The molecule has 1 N–H and O–H groups in total. The molecule has 0 aliphatic carbocycles. The largest absolute Gasteiger partial charge is 0.448 e. The van der Waals surface area contributed by atoms with Crippen molar-refractivity contribution in [1.82, 2.24) is 19.7 Å². The second-order valence-corrected chi connectivity index (χ2v) is 6.46. The topological polar surface area (TPSA) is 78.2 Å². The third kappa shape index (κ3) is 4.75. The van der Waals surface area contributed by atoms with E-state index in [0.29, 0.717) is 10.2 Å². The number of nitrogens with zero attached hydrogens (tertiary/aromatic N) is 3. The first-order valence-corrected chi connectivity index (χ1v) is 8.40. The number of carbonyl (C=O) groups is 1. The smallest absolute Gasteiger partial charge is 0.406 e. The van der Waals surface area contributed by atoms with Gasteiger partial charge in [0.25, 0.3) is 0 Å². The second-order valence-electron chi connectivity index (χ2n) is 5.43. The summed E-state index contributed by atoms with van der Waals surface area (Å²) in [6.07, 6.45) is -0.611. The number of benzene rings is 1. The highest BCUT2D eigenvalue weighted by molar-refractivity contribution is 6.31. The number of rotatable bonds is 6. The van der Waals surface area contributed by atoms with Crippen molar-refractivity contribution >= 4 is 29.3 Å². The summed E-state index contributed by atoms with van der Waals surface area (Å²) in [7, 11) is 1.38. The molecule has 148 valence electrons. The number of hydrogen-bond donors (Lipinski definition) is 1. The van der Waals surface area contributed by atoms with Gasteiger partial charge in [-0.2, -0.15) is 13.5 Å². The van der Waals surface area contributed by atoms with Crippen LogP contribution in [0.15, 0.2) is 16.9 Å². The number of carbonyl (C=O) groups excluding carboxylic acids is 1. The average Bonchev–Trinajstić information content (AvgIpc) is 2.89. The lowest BCUT2D eigenvalue weighted by molar-refractivity contribution is 0.0640. The van der Waals surface area contributed by atoms with Crippen LogP contribution in [-0.2, 0) is 11.2 Å². The molecule has 2 rings (SSSR count). The van der Waals surface area contributed by atoms with Gasteiger partial charge in [-0.05, 0) is 31.0 Å². The van der Waals surface area contributed by atoms with Gasteiger partial charge in [0.1, 0.15) is 18.1 Å². The molecule has 1 atom stereocenters. The molecular formula is C15H15Cl2F3N4O3. The minimum absolute atomic E-state index is 0.0138. The lowest BCUT2D eigenvalue weighted by Gasteiger charge is -2.13. The standard InChI is InChI=1S/C15H15Cl2F3N4O3/c1-7-22-24(15(26)23(7)13(19)20)12-4-8(10(17)5-11(12)18)3-9(16)6-27-14(25)21-2/h4-5,9,13H,3,6H2,1-2H3,(H,21,25). The van der Waals surface area contributed by atoms with Crippen molar-refractivity contribution in [2.75, 3.05) is 13.7 Å². The van der Waals surface area contributed by atoms with Crippen molar-refractivity contribution in [3.05, 3.63) is 44.8 Å². The molecule has 1 aromatic heterocycles. The van der Waals surface area contributed by atoms with Crippen LogP contribution < -0.4 is 11.0 Å². The number of aryl methyl sites for hydroxylation is 1. The summed E-state index contributed by atoms with van der Waals surface area (Å²) in [5.74, 6) is -1.20. The number of hydrogen-bond acceptors (Lipinski definition) is 4. The maximum Gasteiger partial charge on any atom is 0.406 e. The highest BCUT2D eigenvalue weighted by atomic mass is 35.5. The first kappa shape index (κ1) is 21.1. The predicted octanol–water partition coefficient (Wildman–Crippen LogP) is 3.04. The van der Waals surface area contributed by atoms with E-state index in [0.717, 1.165) is 6.07 Å². The van der Waals surface area contributed by atoms with Gasteiger partial charge in [-0.3, -0.25) is 0 Å². The highest BCUT2D eigenvalue weighted by Gasteiger charge is 2.22. The molecule has 7 nitrogen and oxygen atoms in total. The Balaban J connectivity index is 2.35. The van der Waals surface area contributed by atoms with Gasteiger partial charge in [0.15, 0.2) is 5.82 Å². The van der Waals surface area contributed by atoms with Crippen molar-refractivity contribution in [1.29, 1.82) is 0 Å². The van der Waals surface area contributed by atoms with E-state index in [9.17, 15) is 22.8 Å². The van der Waals surface area contributed by atoms with Gasteiger partial charge < -0.3 is 10.1 Å². The number of ether oxygens (including phenoxy) is 1. The maximum atomic E-state index is 14.3. The molecule has 27 heavy (non-hydrogen) atoms. The Kier molecular flexibility index (Phi) is 6.77. The van der Waals surface area contributed by atoms with Crippen LogP contribution in [-0.4, -0.2) is 39.5 Å². The third-order valence-corrected chi connectivity index (χ3v) is 4.19. The van der Waals surface area contributed by atoms with Crippen LogP contribution in [0.2, 0.25) is 5.02 Å². The van der Waals surface area contributed by atoms with Crippen molar-refractivity contribution in [3.63, 3.8) is 0 Å². The van der Waals surface area contributed by atoms with E-state index >= 15 is 0 Å². The monoisotopic (exact) mass is 426 g/mol. The van der Waals surface area contributed by atoms with E-state index in [4.69, 9.17) is 27.9 Å². The number of aromatic nitrogens is 3. The zero-order valence-corrected chi connectivity index (χ0v) is 15.7. The molecule has 1 aromatic carbocycles. The van der Waals surface area contributed by atoms with E-state index in [2.05, 4.69) is 10.4 Å². The minimum atomic E-state index is -3.12. The normalized spacial score (nSPS) is 12.3. The fraction of sp³-hybridized carbons (Fsp3) is 0.400. The molecule has 12 heteroatoms. The Morgan fingerprint density at radius 3 is 2.63 bits per heavy atom. The van der Waals surface area contributed by atoms with Crippen molar-refractivity contribution in [2.45, 2.75) is 25.3 Å². The summed E-state index contributed by atoms with van der Waals surface area (Å²) in [5.41, 5.74) is -1.22. The lowest BCUT2D eigenvalue weighted by atomic mass is 10.1. The minimum Gasteiger partial charge on any atom is -0.448 e. The van der Waals surface area contributed by atoms with E-state index in [1.165, 1.54) is 20.0 Å². The molecule has 1 heterocycles. The van der Waals surface area contributed by atoms with E-state index < -0.39 is 29.5 Å². The van der Waals surface area contributed by atoms with Crippen LogP contribution in [0.5, 0.6) is 0 Å². The Morgan fingerprint density at radius 1 is 1.41 bits per heavy atom. The zero-order chi connectivity index (χ0) is 20.3. The molecule has 0 fully saturated rings. The summed E-state index contributed by atoms with van der Waals surface area (Å²) >= 11 is 12.1. The SMILES string of the molecule is CNC(=O)OCC(Cl)Cc1cc(-n2nc(C)n(C(F)F)c2=O)c(F)cc1Cl. The molecule has 0 aliphatic rings. The summed E-state index contributed by atoms with van der Waals surface area (Å²) in [5, 5.41) is 5.24. The van der Waals surface area contributed by atoms with Crippen molar-refractivity contribution < 1.29 is 22.7 Å². The molecule has 0 spiro atoms. The Hall–Kier alpha value is -2.20. The first-order chi connectivity index (χ1) is 12.6. The predicted molar refractivity (Wildman–Crippen MR) is 92.5 cm³/mol. The highest BCUT2D eigenvalue weighted by Crippen LogP contribution is 2.25. The third-order valence-electron chi connectivity index (χ3n) is 3.56. The molecule has 0 saturated heterocycles. The molecule has 2 aromatic rings. The van der Waals surface area contributed by atoms with E-state index in [1.807, 2.05) is 0 Å². The summed E-state index contributed by atoms with van der Waals surface area (Å²) in [6, 6.07) is 2.12. The van der Waals surface area contributed by atoms with Gasteiger partial charge in [-0.1, -0.05) is 11.6 Å². The molecule has 0 aliphatic heterocycles. The number of halogens is 5. The van der Waals surface area contributed by atoms with Gasteiger partial charge in [-0.15, -0.1) is 16.7 Å². The molecule has 0 radical (unpaired) electrons. The van der Waals surface area contributed by atoms with Crippen LogP contribution in [0.25, 0.3) is 5.69 Å². The van der Waals surface area contributed by atoms with E-state index in [1.54, 1.807) is 0 Å². The molecule has 1 amide bonds. The Labute approximate surface area is 161 Å². The van der Waals surface area contributed by atoms with Crippen LogP contribution in [0.4, 0.5) is 18.0 Å². The lowest BCUT2D eigenvalue weighted by Crippen LogP contribution is -2.26. The number of amides is 1. The first-order valence-electron chi connectivity index (χ1n) is 7.58. The molecule has 0 saturated carbocycles. The Bertz CT molecular complexity index is 901.